The van der Waals surface area contributed by atoms with Gasteiger partial charge in [-0.1, -0.05) is 57.6 Å². The van der Waals surface area contributed by atoms with Crippen molar-refractivity contribution in [3.05, 3.63) is 12.2 Å². The van der Waals surface area contributed by atoms with Gasteiger partial charge in [0, 0.05) is 6.61 Å². The van der Waals surface area contributed by atoms with Gasteiger partial charge in [-0.15, -0.1) is 0 Å². The summed E-state index contributed by atoms with van der Waals surface area (Å²) in [5, 5.41) is 28.8. The number of unbranched alkanes of at least 4 members (excludes halogenated alkanes) is 8. The van der Waals surface area contributed by atoms with E-state index in [2.05, 4.69) is 19.1 Å². The maximum atomic E-state index is 9.96. The second-order valence-corrected chi connectivity index (χ2v) is 6.97. The standard InChI is InChI=1S/C20H38O5/c1-2-3-4-5-6-7-8-9-10-11-12-13-14-24-18-16-25-17(15-21)19(22)20(18)23/h4-5,17-23H,2-3,6-16H2,1H3/b5-4+/t17-,18+,19-,20-/m1/s1. The fourth-order valence-corrected chi connectivity index (χ4v) is 3.05. The van der Waals surface area contributed by atoms with Crippen molar-refractivity contribution < 1.29 is 24.8 Å². The van der Waals surface area contributed by atoms with Crippen molar-refractivity contribution in [1.29, 1.82) is 0 Å². The molecule has 3 N–H and O–H groups in total. The zero-order valence-corrected chi connectivity index (χ0v) is 15.8. The molecule has 1 saturated heterocycles. The molecule has 1 heterocycles. The summed E-state index contributed by atoms with van der Waals surface area (Å²) >= 11 is 0. The molecule has 0 aromatic rings. The first kappa shape index (κ1) is 22.6. The summed E-state index contributed by atoms with van der Waals surface area (Å²) in [6, 6.07) is 0. The minimum absolute atomic E-state index is 0.218. The molecule has 0 radical (unpaired) electrons. The van der Waals surface area contributed by atoms with Crippen LogP contribution in [0.5, 0.6) is 0 Å². The Kier molecular flexibility index (Phi) is 13.3. The smallest absolute Gasteiger partial charge is 0.111 e. The fourth-order valence-electron chi connectivity index (χ4n) is 3.05. The fraction of sp³-hybridized carbons (Fsp3) is 0.900. The minimum Gasteiger partial charge on any atom is -0.394 e. The lowest BCUT2D eigenvalue weighted by molar-refractivity contribution is -0.208. The normalized spacial score (nSPS) is 27.2. The quantitative estimate of drug-likeness (QED) is 0.329. The van der Waals surface area contributed by atoms with E-state index in [0.29, 0.717) is 6.61 Å². The van der Waals surface area contributed by atoms with Crippen LogP contribution in [-0.4, -0.2) is 59.6 Å². The van der Waals surface area contributed by atoms with E-state index in [1.165, 1.54) is 51.4 Å². The van der Waals surface area contributed by atoms with Crippen molar-refractivity contribution in [2.24, 2.45) is 0 Å². The highest BCUT2D eigenvalue weighted by Gasteiger charge is 2.38. The van der Waals surface area contributed by atoms with Gasteiger partial charge in [-0.3, -0.25) is 0 Å². The van der Waals surface area contributed by atoms with Crippen LogP contribution in [0.1, 0.15) is 71.1 Å². The highest BCUT2D eigenvalue weighted by atomic mass is 16.6. The molecule has 4 atom stereocenters. The molecule has 5 nitrogen and oxygen atoms in total. The third-order valence-corrected chi connectivity index (χ3v) is 4.74. The molecule has 5 heteroatoms. The van der Waals surface area contributed by atoms with Gasteiger partial charge in [-0.2, -0.15) is 0 Å². The number of aliphatic hydroxyl groups excluding tert-OH is 3. The molecule has 0 saturated carbocycles. The summed E-state index contributed by atoms with van der Waals surface area (Å²) in [6.07, 6.45) is 13.4. The van der Waals surface area contributed by atoms with Crippen LogP contribution >= 0.6 is 0 Å². The van der Waals surface area contributed by atoms with Gasteiger partial charge in [0.1, 0.15) is 24.4 Å². The second-order valence-electron chi connectivity index (χ2n) is 6.97. The Labute approximate surface area is 153 Å². The highest BCUT2D eigenvalue weighted by molar-refractivity contribution is 4.87. The lowest BCUT2D eigenvalue weighted by Crippen LogP contribution is -2.55. The van der Waals surface area contributed by atoms with Gasteiger partial charge in [0.05, 0.1) is 13.2 Å². The molecular weight excluding hydrogens is 320 g/mol. The van der Waals surface area contributed by atoms with Crippen molar-refractivity contribution in [3.63, 3.8) is 0 Å². The van der Waals surface area contributed by atoms with Crippen LogP contribution in [0.4, 0.5) is 0 Å². The number of aliphatic hydroxyl groups is 3. The Morgan fingerprint density at radius 3 is 2.24 bits per heavy atom. The van der Waals surface area contributed by atoms with Gasteiger partial charge in [0.15, 0.2) is 0 Å². The zero-order chi connectivity index (χ0) is 18.3. The Hall–Kier alpha value is -0.460. The molecule has 0 bridgehead atoms. The molecular formula is C20H38O5. The second kappa shape index (κ2) is 14.7. The molecule has 1 rings (SSSR count). The first-order valence-corrected chi connectivity index (χ1v) is 10.1. The van der Waals surface area contributed by atoms with Gasteiger partial charge in [0.2, 0.25) is 0 Å². The lowest BCUT2D eigenvalue weighted by Gasteiger charge is -2.36. The Morgan fingerprint density at radius 2 is 1.56 bits per heavy atom. The van der Waals surface area contributed by atoms with Crippen molar-refractivity contribution in [2.45, 2.75) is 95.5 Å². The number of hydrogen-bond acceptors (Lipinski definition) is 5. The summed E-state index contributed by atoms with van der Waals surface area (Å²) < 4.78 is 10.9. The Bertz CT molecular complexity index is 334. The summed E-state index contributed by atoms with van der Waals surface area (Å²) in [5.41, 5.74) is 0. The Morgan fingerprint density at radius 1 is 0.920 bits per heavy atom. The summed E-state index contributed by atoms with van der Waals surface area (Å²) in [6.45, 7) is 2.70. The van der Waals surface area contributed by atoms with Crippen molar-refractivity contribution in [3.8, 4) is 0 Å². The number of rotatable bonds is 14. The largest absolute Gasteiger partial charge is 0.394 e. The summed E-state index contributed by atoms with van der Waals surface area (Å²) in [5.74, 6) is 0. The monoisotopic (exact) mass is 358 g/mol. The maximum absolute atomic E-state index is 9.96. The van der Waals surface area contributed by atoms with Crippen LogP contribution in [0.2, 0.25) is 0 Å². The predicted octanol–water partition coefficient (Wildman–Crippen LogP) is 2.96. The molecule has 0 amide bonds. The summed E-state index contributed by atoms with van der Waals surface area (Å²) in [4.78, 5) is 0. The third-order valence-electron chi connectivity index (χ3n) is 4.74. The molecule has 148 valence electrons. The van der Waals surface area contributed by atoms with Gasteiger partial charge in [0.25, 0.3) is 0 Å². The van der Waals surface area contributed by atoms with E-state index in [-0.39, 0.29) is 13.2 Å². The average Bonchev–Trinajstić information content (AvgIpc) is 2.62. The van der Waals surface area contributed by atoms with Gasteiger partial charge in [-0.05, 0) is 25.7 Å². The van der Waals surface area contributed by atoms with Gasteiger partial charge < -0.3 is 24.8 Å². The van der Waals surface area contributed by atoms with E-state index in [0.717, 1.165) is 12.8 Å². The average molecular weight is 359 g/mol. The van der Waals surface area contributed by atoms with Gasteiger partial charge >= 0.3 is 0 Å². The minimum atomic E-state index is -1.08. The topological polar surface area (TPSA) is 79.2 Å². The van der Waals surface area contributed by atoms with Crippen LogP contribution in [0, 0.1) is 0 Å². The van der Waals surface area contributed by atoms with E-state index in [1.807, 2.05) is 0 Å². The molecule has 1 fully saturated rings. The lowest BCUT2D eigenvalue weighted by atomic mass is 10.0. The van der Waals surface area contributed by atoms with E-state index in [9.17, 15) is 10.2 Å². The van der Waals surface area contributed by atoms with Gasteiger partial charge in [-0.25, -0.2) is 0 Å². The molecule has 1 aliphatic heterocycles. The van der Waals surface area contributed by atoms with E-state index in [4.69, 9.17) is 14.6 Å². The first-order chi connectivity index (χ1) is 12.2. The number of allylic oxidation sites excluding steroid dienone is 2. The predicted molar refractivity (Wildman–Crippen MR) is 99.6 cm³/mol. The molecule has 1 aliphatic rings. The molecule has 0 aliphatic carbocycles. The molecule has 0 spiro atoms. The Balaban J connectivity index is 1.90. The molecule has 0 unspecified atom stereocenters. The zero-order valence-electron chi connectivity index (χ0n) is 15.8. The van der Waals surface area contributed by atoms with Crippen LogP contribution < -0.4 is 0 Å². The summed E-state index contributed by atoms with van der Waals surface area (Å²) in [7, 11) is 0. The SMILES string of the molecule is CCC/C=C/CCCCCCCCCO[C@H]1CO[C@H](CO)[C@@H](O)[C@@H]1O. The molecule has 0 aromatic heterocycles. The third kappa shape index (κ3) is 9.71. The van der Waals surface area contributed by atoms with Crippen LogP contribution in [-0.2, 0) is 9.47 Å². The molecule has 25 heavy (non-hydrogen) atoms. The van der Waals surface area contributed by atoms with Crippen LogP contribution in [0.25, 0.3) is 0 Å². The van der Waals surface area contributed by atoms with Crippen LogP contribution in [0.15, 0.2) is 12.2 Å². The van der Waals surface area contributed by atoms with Crippen LogP contribution in [0.3, 0.4) is 0 Å². The number of ether oxygens (including phenoxy) is 2. The number of hydrogen-bond donors (Lipinski definition) is 3. The molecule has 0 aromatic carbocycles. The van der Waals surface area contributed by atoms with Crippen molar-refractivity contribution >= 4 is 0 Å². The van der Waals surface area contributed by atoms with E-state index >= 15 is 0 Å². The maximum Gasteiger partial charge on any atom is 0.111 e. The van der Waals surface area contributed by atoms with E-state index < -0.39 is 24.4 Å². The van der Waals surface area contributed by atoms with Crippen molar-refractivity contribution in [1.82, 2.24) is 0 Å². The first-order valence-electron chi connectivity index (χ1n) is 10.1. The van der Waals surface area contributed by atoms with Crippen molar-refractivity contribution in [2.75, 3.05) is 19.8 Å². The van der Waals surface area contributed by atoms with E-state index in [1.54, 1.807) is 0 Å². The highest BCUT2D eigenvalue weighted by Crippen LogP contribution is 2.18.